The number of nitrogens with zero attached hydrogens (tertiary/aromatic N) is 3. The molecule has 3 heterocycles. The lowest BCUT2D eigenvalue weighted by Crippen LogP contribution is -2.16. The molecule has 0 saturated heterocycles. The van der Waals surface area contributed by atoms with Crippen molar-refractivity contribution in [2.75, 3.05) is 5.73 Å². The second-order valence-electron chi connectivity index (χ2n) is 4.98. The van der Waals surface area contributed by atoms with Gasteiger partial charge in [-0.25, -0.2) is 5.43 Å². The molecule has 4 N–H and O–H groups in total. The number of nitrogen functional groups attached to an aromatic ring is 1. The molecular weight excluding hydrogens is 268 g/mol. The number of nitrogens with one attached hydrogen (secondary N) is 2. The number of nitrogens with two attached hydrogens (primary N) is 1. The van der Waals surface area contributed by atoms with Gasteiger partial charge in [-0.2, -0.15) is 10.2 Å². The highest BCUT2D eigenvalue weighted by molar-refractivity contribution is 6.17. The summed E-state index contributed by atoms with van der Waals surface area (Å²) in [5.41, 5.74) is 12.6. The molecular formula is C14H12N6O. The van der Waals surface area contributed by atoms with E-state index in [2.05, 4.69) is 20.6 Å². The number of hydrogen-bond donors (Lipinski definition) is 3. The van der Waals surface area contributed by atoms with E-state index >= 15 is 0 Å². The quantitative estimate of drug-likeness (QED) is 0.584. The molecule has 4 rings (SSSR count). The first-order valence-corrected chi connectivity index (χ1v) is 6.42. The van der Waals surface area contributed by atoms with Crippen molar-refractivity contribution in [3.63, 3.8) is 0 Å². The maximum Gasteiger partial charge on any atom is 0.272 e. The number of rotatable bonds is 1. The smallest absolute Gasteiger partial charge is 0.272 e. The van der Waals surface area contributed by atoms with Gasteiger partial charge in [0.15, 0.2) is 0 Å². The number of carbonyl (C=O) groups excluding carboxylic acids is 1. The molecule has 0 saturated carbocycles. The van der Waals surface area contributed by atoms with Gasteiger partial charge in [0.05, 0.1) is 17.5 Å². The summed E-state index contributed by atoms with van der Waals surface area (Å²) in [6, 6.07) is 5.37. The van der Waals surface area contributed by atoms with Crippen LogP contribution in [0.1, 0.15) is 15.9 Å². The Hall–Kier alpha value is -3.09. The number of amides is 1. The summed E-state index contributed by atoms with van der Waals surface area (Å²) < 4.78 is 1.72. The minimum absolute atomic E-state index is 0.270. The molecule has 1 aliphatic rings. The van der Waals surface area contributed by atoms with E-state index in [0.717, 1.165) is 27.9 Å². The van der Waals surface area contributed by atoms with Crippen LogP contribution in [0, 0.1) is 0 Å². The van der Waals surface area contributed by atoms with Crippen molar-refractivity contribution in [1.82, 2.24) is 20.2 Å². The van der Waals surface area contributed by atoms with Gasteiger partial charge in [0.1, 0.15) is 5.69 Å². The molecule has 104 valence electrons. The van der Waals surface area contributed by atoms with Gasteiger partial charge in [-0.15, -0.1) is 0 Å². The zero-order valence-corrected chi connectivity index (χ0v) is 11.2. The zero-order chi connectivity index (χ0) is 14.6. The third-order valence-electron chi connectivity index (χ3n) is 3.53. The van der Waals surface area contributed by atoms with Gasteiger partial charge in [0.25, 0.3) is 5.91 Å². The van der Waals surface area contributed by atoms with Crippen molar-refractivity contribution in [1.29, 1.82) is 0 Å². The molecule has 7 nitrogen and oxygen atoms in total. The van der Waals surface area contributed by atoms with Gasteiger partial charge in [-0.1, -0.05) is 0 Å². The number of carbonyl (C=O) groups is 1. The highest BCUT2D eigenvalue weighted by Crippen LogP contribution is 2.33. The van der Waals surface area contributed by atoms with Crippen LogP contribution in [0.5, 0.6) is 0 Å². The first-order valence-electron chi connectivity index (χ1n) is 6.42. The van der Waals surface area contributed by atoms with Crippen molar-refractivity contribution in [3.8, 4) is 11.4 Å². The zero-order valence-electron chi connectivity index (χ0n) is 11.2. The molecule has 0 unspecified atom stereocenters. The lowest BCUT2D eigenvalue weighted by molar-refractivity contribution is 0.0957. The summed E-state index contributed by atoms with van der Waals surface area (Å²) >= 11 is 0. The van der Waals surface area contributed by atoms with Crippen molar-refractivity contribution in [2.24, 2.45) is 12.1 Å². The maximum absolute atomic E-state index is 12.1. The lowest BCUT2D eigenvalue weighted by atomic mass is 10.0. The molecule has 3 aromatic rings. The van der Waals surface area contributed by atoms with E-state index in [4.69, 9.17) is 5.73 Å². The summed E-state index contributed by atoms with van der Waals surface area (Å²) in [6.45, 7) is 0. The Morgan fingerprint density at radius 2 is 2.19 bits per heavy atom. The summed E-state index contributed by atoms with van der Waals surface area (Å²) in [4.78, 5) is 15.4. The van der Waals surface area contributed by atoms with Crippen LogP contribution in [-0.2, 0) is 7.05 Å². The average molecular weight is 280 g/mol. The third kappa shape index (κ3) is 1.64. The number of hydrazone groups is 1. The van der Waals surface area contributed by atoms with E-state index in [9.17, 15) is 4.79 Å². The number of H-pyrrole nitrogens is 1. The maximum atomic E-state index is 12.1. The van der Waals surface area contributed by atoms with Gasteiger partial charge in [0.2, 0.25) is 0 Å². The minimum atomic E-state index is -0.270. The first kappa shape index (κ1) is 11.7. The molecule has 2 aromatic heterocycles. The van der Waals surface area contributed by atoms with Crippen LogP contribution < -0.4 is 11.2 Å². The van der Waals surface area contributed by atoms with E-state index in [1.807, 2.05) is 19.3 Å². The Bertz CT molecular complexity index is 917. The predicted octanol–water partition coefficient (Wildman–Crippen LogP) is 1.23. The van der Waals surface area contributed by atoms with Crippen molar-refractivity contribution in [3.05, 3.63) is 35.5 Å². The predicted molar refractivity (Wildman–Crippen MR) is 80.0 cm³/mol. The molecule has 0 radical (unpaired) electrons. The molecule has 1 aromatic carbocycles. The largest absolute Gasteiger partial charge is 0.399 e. The number of hydrogen-bond acceptors (Lipinski definition) is 4. The molecule has 0 atom stereocenters. The summed E-state index contributed by atoms with van der Waals surface area (Å²) in [7, 11) is 1.85. The summed E-state index contributed by atoms with van der Waals surface area (Å²) in [6.07, 6.45) is 3.49. The molecule has 21 heavy (non-hydrogen) atoms. The number of aromatic amines is 1. The van der Waals surface area contributed by atoms with Crippen molar-refractivity contribution in [2.45, 2.75) is 0 Å². The normalized spacial score (nSPS) is 13.5. The van der Waals surface area contributed by atoms with Crippen LogP contribution >= 0.6 is 0 Å². The van der Waals surface area contributed by atoms with Crippen LogP contribution in [0.2, 0.25) is 0 Å². The van der Waals surface area contributed by atoms with Gasteiger partial charge < -0.3 is 10.7 Å². The van der Waals surface area contributed by atoms with Gasteiger partial charge in [-0.05, 0) is 18.2 Å². The average Bonchev–Trinajstić information content (AvgIpc) is 2.97. The molecule has 0 bridgehead atoms. The van der Waals surface area contributed by atoms with Crippen LogP contribution in [0.3, 0.4) is 0 Å². The Balaban J connectivity index is 2.12. The number of benzene rings is 1. The highest BCUT2D eigenvalue weighted by atomic mass is 16.2. The van der Waals surface area contributed by atoms with E-state index in [-0.39, 0.29) is 5.91 Å². The Morgan fingerprint density at radius 3 is 2.95 bits per heavy atom. The van der Waals surface area contributed by atoms with E-state index in [0.29, 0.717) is 11.3 Å². The summed E-state index contributed by atoms with van der Waals surface area (Å²) in [5, 5.41) is 9.17. The SMILES string of the molecule is Cn1ccc(-c2[nH]c3cc(N)cc4c3c2C=NNC4=O)n1. The summed E-state index contributed by atoms with van der Waals surface area (Å²) in [5.74, 6) is -0.270. The van der Waals surface area contributed by atoms with Gasteiger partial charge in [0, 0.05) is 35.4 Å². The number of aromatic nitrogens is 3. The van der Waals surface area contributed by atoms with E-state index in [1.54, 1.807) is 23.0 Å². The molecule has 7 heteroatoms. The van der Waals surface area contributed by atoms with Crippen LogP contribution in [0.4, 0.5) is 5.69 Å². The minimum Gasteiger partial charge on any atom is -0.399 e. The number of anilines is 1. The molecule has 0 spiro atoms. The Kier molecular flexibility index (Phi) is 2.20. The fraction of sp³-hybridized carbons (Fsp3) is 0.0714. The van der Waals surface area contributed by atoms with Crippen molar-refractivity contribution >= 4 is 28.7 Å². The van der Waals surface area contributed by atoms with Crippen molar-refractivity contribution < 1.29 is 4.79 Å². The van der Waals surface area contributed by atoms with Crippen LogP contribution in [0.25, 0.3) is 22.3 Å². The monoisotopic (exact) mass is 280 g/mol. The highest BCUT2D eigenvalue weighted by Gasteiger charge is 2.22. The van der Waals surface area contributed by atoms with E-state index in [1.165, 1.54) is 0 Å². The first-order chi connectivity index (χ1) is 10.1. The van der Waals surface area contributed by atoms with Crippen LogP contribution in [-0.4, -0.2) is 26.9 Å². The van der Waals surface area contributed by atoms with Gasteiger partial charge in [-0.3, -0.25) is 9.48 Å². The fourth-order valence-corrected chi connectivity index (χ4v) is 2.65. The topological polar surface area (TPSA) is 101 Å². The fourth-order valence-electron chi connectivity index (χ4n) is 2.65. The molecule has 1 aliphatic heterocycles. The Labute approximate surface area is 119 Å². The third-order valence-corrected chi connectivity index (χ3v) is 3.53. The second-order valence-corrected chi connectivity index (χ2v) is 4.98. The molecule has 0 fully saturated rings. The molecule has 1 amide bonds. The van der Waals surface area contributed by atoms with Gasteiger partial charge >= 0.3 is 0 Å². The molecule has 0 aliphatic carbocycles. The number of aryl methyl sites for hydroxylation is 1. The van der Waals surface area contributed by atoms with E-state index < -0.39 is 0 Å². The Morgan fingerprint density at radius 1 is 1.33 bits per heavy atom. The van der Waals surface area contributed by atoms with Crippen LogP contribution in [0.15, 0.2) is 29.5 Å². The lowest BCUT2D eigenvalue weighted by Gasteiger charge is -2.02. The standard InChI is InChI=1S/C14H12N6O/c1-20-3-2-10(19-20)13-9-6-16-18-14(21)8-4-7(15)5-11(17-13)12(8)9/h2-6,17H,15H2,1H3,(H,18,21). The second kappa shape index (κ2) is 3.95.